The molecule has 2 aliphatic rings. The van der Waals surface area contributed by atoms with Crippen LogP contribution in [-0.4, -0.2) is 67.5 Å². The Morgan fingerprint density at radius 2 is 1.88 bits per heavy atom. The van der Waals surface area contributed by atoms with Crippen molar-refractivity contribution in [3.63, 3.8) is 0 Å². The van der Waals surface area contributed by atoms with Crippen molar-refractivity contribution in [2.24, 2.45) is 0 Å². The summed E-state index contributed by atoms with van der Waals surface area (Å²) >= 11 is 1.33. The highest BCUT2D eigenvalue weighted by molar-refractivity contribution is 7.92. The second-order valence-electron chi connectivity index (χ2n) is 12.0. The van der Waals surface area contributed by atoms with Crippen molar-refractivity contribution in [1.82, 2.24) is 20.7 Å². The van der Waals surface area contributed by atoms with Gasteiger partial charge in [0.1, 0.15) is 4.75 Å². The summed E-state index contributed by atoms with van der Waals surface area (Å²) < 4.78 is 37.6. The average Bonchev–Trinajstić information content (AvgIpc) is 3.66. The molecule has 3 aromatic rings. The van der Waals surface area contributed by atoms with Crippen LogP contribution in [-0.2, 0) is 29.0 Å². The molecule has 2 atom stereocenters. The van der Waals surface area contributed by atoms with Crippen LogP contribution >= 0.6 is 11.3 Å². The largest absolute Gasteiger partial charge is 0.444 e. The van der Waals surface area contributed by atoms with Gasteiger partial charge < -0.3 is 19.4 Å². The number of aromatic nitrogens is 1. The molecule has 3 amide bonds. The number of hydrogen-bond donors (Lipinski definition) is 2. The molecule has 5 rings (SSSR count). The third-order valence-corrected chi connectivity index (χ3v) is 11.6. The second kappa shape index (κ2) is 12.8. The van der Waals surface area contributed by atoms with Gasteiger partial charge in [-0.25, -0.2) is 28.5 Å². The van der Waals surface area contributed by atoms with E-state index in [0.29, 0.717) is 23.7 Å². The molecule has 43 heavy (non-hydrogen) atoms. The number of amides is 3. The SMILES string of the molecule is CC(C)(C)NC(=O)N1CC[C@](CC(=O)NOC2CCCCO2)(c2ccc(-c3ccc(-c4cnco4)cc3)s2)S(=O)(=O)CC1. The lowest BCUT2D eigenvalue weighted by Gasteiger charge is -2.31. The second-order valence-corrected chi connectivity index (χ2v) is 15.5. The van der Waals surface area contributed by atoms with Crippen molar-refractivity contribution in [1.29, 1.82) is 0 Å². The fourth-order valence-corrected chi connectivity index (χ4v) is 8.91. The van der Waals surface area contributed by atoms with E-state index in [1.54, 1.807) is 12.3 Å². The minimum atomic E-state index is -3.91. The Kier molecular flexibility index (Phi) is 9.26. The van der Waals surface area contributed by atoms with Crippen LogP contribution in [0.15, 0.2) is 53.4 Å². The Labute approximate surface area is 255 Å². The smallest absolute Gasteiger partial charge is 0.317 e. The highest BCUT2D eigenvalue weighted by atomic mass is 32.2. The number of carbonyl (C=O) groups excluding carboxylic acids is 2. The molecule has 1 unspecified atom stereocenters. The number of carbonyl (C=O) groups is 2. The summed E-state index contributed by atoms with van der Waals surface area (Å²) in [5, 5.41) is 2.92. The van der Waals surface area contributed by atoms with E-state index in [4.69, 9.17) is 14.0 Å². The zero-order valence-electron chi connectivity index (χ0n) is 24.6. The number of ether oxygens (including phenoxy) is 1. The lowest BCUT2D eigenvalue weighted by atomic mass is 9.97. The number of urea groups is 1. The molecule has 0 aliphatic carbocycles. The van der Waals surface area contributed by atoms with Gasteiger partial charge in [0.15, 0.2) is 28.3 Å². The van der Waals surface area contributed by atoms with Gasteiger partial charge in [-0.2, -0.15) is 0 Å². The molecular weight excluding hydrogens is 592 g/mol. The van der Waals surface area contributed by atoms with E-state index < -0.39 is 32.3 Å². The van der Waals surface area contributed by atoms with Gasteiger partial charge in [-0.3, -0.25) is 4.79 Å². The predicted octanol–water partition coefficient (Wildman–Crippen LogP) is 4.86. The van der Waals surface area contributed by atoms with Crippen LogP contribution in [0.5, 0.6) is 0 Å². The molecule has 11 nitrogen and oxygen atoms in total. The van der Waals surface area contributed by atoms with Gasteiger partial charge >= 0.3 is 6.03 Å². The summed E-state index contributed by atoms with van der Waals surface area (Å²) in [6.07, 6.45) is 4.65. The summed E-state index contributed by atoms with van der Waals surface area (Å²) in [7, 11) is -3.91. The first kappa shape index (κ1) is 31.2. The standard InChI is InChI=1S/C30H38N4O7S2/c1-29(2,3)32-28(36)34-14-13-30(43(37,38)17-15-34,18-26(35)33-41-27-6-4-5-16-39-27)25-12-11-24(42-25)22-9-7-21(8-10-22)23-19-31-20-40-23/h7-12,19-20,27H,4-6,13-18H2,1-3H3,(H,32,36)(H,33,35)/t27?,30-/m0/s1. The Morgan fingerprint density at radius 1 is 1.12 bits per heavy atom. The Bertz CT molecular complexity index is 1510. The van der Waals surface area contributed by atoms with Crippen LogP contribution in [0.3, 0.4) is 0 Å². The van der Waals surface area contributed by atoms with Gasteiger partial charge in [0.05, 0.1) is 18.4 Å². The third-order valence-electron chi connectivity index (χ3n) is 7.61. The van der Waals surface area contributed by atoms with Gasteiger partial charge in [0.2, 0.25) is 5.91 Å². The topological polar surface area (TPSA) is 140 Å². The Morgan fingerprint density at radius 3 is 2.56 bits per heavy atom. The number of thiophene rings is 1. The summed E-state index contributed by atoms with van der Waals surface area (Å²) in [6.45, 7) is 6.35. The Hall–Kier alpha value is -3.26. The zero-order chi connectivity index (χ0) is 30.7. The van der Waals surface area contributed by atoms with E-state index in [9.17, 15) is 18.0 Å². The number of hydrogen-bond acceptors (Lipinski definition) is 9. The molecule has 0 saturated carbocycles. The molecule has 2 fully saturated rings. The van der Waals surface area contributed by atoms with Crippen LogP contribution in [0.1, 0.15) is 57.8 Å². The van der Waals surface area contributed by atoms with Crippen molar-refractivity contribution in [3.8, 4) is 21.8 Å². The first-order chi connectivity index (χ1) is 20.5. The average molecular weight is 631 g/mol. The maximum Gasteiger partial charge on any atom is 0.317 e. The molecule has 1 aromatic carbocycles. The fraction of sp³-hybridized carbons (Fsp3) is 0.500. The molecule has 4 heterocycles. The lowest BCUT2D eigenvalue weighted by Crippen LogP contribution is -2.49. The van der Waals surface area contributed by atoms with E-state index in [2.05, 4.69) is 15.8 Å². The molecule has 232 valence electrons. The van der Waals surface area contributed by atoms with Crippen LogP contribution in [0, 0.1) is 0 Å². The molecule has 0 spiro atoms. The quantitative estimate of drug-likeness (QED) is 0.353. The van der Waals surface area contributed by atoms with Crippen LogP contribution in [0.4, 0.5) is 4.79 Å². The van der Waals surface area contributed by atoms with Crippen molar-refractivity contribution >= 4 is 33.1 Å². The van der Waals surface area contributed by atoms with Crippen molar-refractivity contribution in [2.45, 2.75) is 69.5 Å². The van der Waals surface area contributed by atoms with Crippen molar-refractivity contribution < 1.29 is 32.0 Å². The monoisotopic (exact) mass is 630 g/mol. The molecule has 2 aromatic heterocycles. The van der Waals surface area contributed by atoms with E-state index >= 15 is 0 Å². The number of sulfone groups is 1. The molecule has 2 saturated heterocycles. The number of oxazole rings is 1. The maximum atomic E-state index is 14.1. The molecular formula is C30H38N4O7S2. The number of rotatable bonds is 7. The molecule has 2 N–H and O–H groups in total. The van der Waals surface area contributed by atoms with Gasteiger partial charge in [-0.1, -0.05) is 24.3 Å². The van der Waals surface area contributed by atoms with E-state index in [1.165, 1.54) is 22.6 Å². The van der Waals surface area contributed by atoms with E-state index in [1.807, 2.05) is 51.1 Å². The molecule has 13 heteroatoms. The number of nitrogens with zero attached hydrogens (tertiary/aromatic N) is 2. The summed E-state index contributed by atoms with van der Waals surface area (Å²) in [5.74, 6) is -0.186. The van der Waals surface area contributed by atoms with Crippen molar-refractivity contribution in [2.75, 3.05) is 25.4 Å². The highest BCUT2D eigenvalue weighted by Crippen LogP contribution is 2.45. The van der Waals surface area contributed by atoms with Crippen LogP contribution in [0.25, 0.3) is 21.8 Å². The first-order valence-electron chi connectivity index (χ1n) is 14.4. The van der Waals surface area contributed by atoms with Gasteiger partial charge in [0, 0.05) is 47.0 Å². The minimum absolute atomic E-state index is 0.0291. The first-order valence-corrected chi connectivity index (χ1v) is 16.9. The number of benzene rings is 1. The molecule has 0 bridgehead atoms. The number of nitrogens with one attached hydrogen (secondary N) is 2. The number of hydroxylamine groups is 1. The predicted molar refractivity (Wildman–Crippen MR) is 163 cm³/mol. The fourth-order valence-electron chi connectivity index (χ4n) is 5.30. The minimum Gasteiger partial charge on any atom is -0.444 e. The highest BCUT2D eigenvalue weighted by Gasteiger charge is 2.50. The normalized spacial score (nSPS) is 22.5. The summed E-state index contributed by atoms with van der Waals surface area (Å²) in [6, 6.07) is 11.0. The summed E-state index contributed by atoms with van der Waals surface area (Å²) in [5.41, 5.74) is 3.73. The third kappa shape index (κ3) is 7.28. The molecule has 2 aliphatic heterocycles. The van der Waals surface area contributed by atoms with Crippen LogP contribution < -0.4 is 10.8 Å². The van der Waals surface area contributed by atoms with Gasteiger partial charge in [-0.15, -0.1) is 11.3 Å². The summed E-state index contributed by atoms with van der Waals surface area (Å²) in [4.78, 5) is 38.7. The van der Waals surface area contributed by atoms with Gasteiger partial charge in [0.25, 0.3) is 0 Å². The molecule has 0 radical (unpaired) electrons. The van der Waals surface area contributed by atoms with E-state index in [-0.39, 0.29) is 37.7 Å². The zero-order valence-corrected chi connectivity index (χ0v) is 26.3. The Balaban J connectivity index is 1.43. The lowest BCUT2D eigenvalue weighted by molar-refractivity contribution is -0.200. The van der Waals surface area contributed by atoms with Crippen LogP contribution in [0.2, 0.25) is 0 Å². The van der Waals surface area contributed by atoms with Crippen molar-refractivity contribution in [3.05, 3.63) is 53.9 Å². The van der Waals surface area contributed by atoms with E-state index in [0.717, 1.165) is 28.8 Å². The van der Waals surface area contributed by atoms with Gasteiger partial charge in [-0.05, 0) is 57.7 Å². The maximum absolute atomic E-state index is 14.1.